The van der Waals surface area contributed by atoms with E-state index in [4.69, 9.17) is 5.73 Å². The minimum absolute atomic E-state index is 0.134. The number of hydrogen-bond donors (Lipinski definition) is 2. The molecule has 8 nitrogen and oxygen atoms in total. The molecule has 0 radical (unpaired) electrons. The molecule has 0 aliphatic rings. The van der Waals surface area contributed by atoms with E-state index in [1.807, 2.05) is 0 Å². The molecule has 0 fully saturated rings. The summed E-state index contributed by atoms with van der Waals surface area (Å²) in [6, 6.07) is 0. The molecular formula is C6H8N8. The van der Waals surface area contributed by atoms with Crippen LogP contribution in [0.2, 0.25) is 0 Å². The van der Waals surface area contributed by atoms with E-state index in [1.165, 1.54) is 17.3 Å². The fraction of sp³-hybridized carbons (Fsp3) is 0.167. The summed E-state index contributed by atoms with van der Waals surface area (Å²) in [5, 5.41) is 6.64. The van der Waals surface area contributed by atoms with Gasteiger partial charge in [-0.15, -0.1) is 0 Å². The second kappa shape index (κ2) is 3.24. The van der Waals surface area contributed by atoms with Gasteiger partial charge in [0.1, 0.15) is 12.7 Å². The van der Waals surface area contributed by atoms with Crippen LogP contribution in [0, 0.1) is 0 Å². The molecule has 0 saturated carbocycles. The number of anilines is 2. The number of nitrogens with one attached hydrogen (secondary N) is 1. The first-order valence-electron chi connectivity index (χ1n) is 3.84. The van der Waals surface area contributed by atoms with Gasteiger partial charge in [0, 0.05) is 7.05 Å². The fourth-order valence-electron chi connectivity index (χ4n) is 0.906. The van der Waals surface area contributed by atoms with Crippen LogP contribution in [0.25, 0.3) is 5.95 Å². The summed E-state index contributed by atoms with van der Waals surface area (Å²) in [6.07, 6.45) is 2.87. The van der Waals surface area contributed by atoms with Gasteiger partial charge in [-0.1, -0.05) is 0 Å². The Balaban J connectivity index is 2.48. The van der Waals surface area contributed by atoms with Crippen LogP contribution in [0.15, 0.2) is 12.7 Å². The third kappa shape index (κ3) is 1.44. The summed E-state index contributed by atoms with van der Waals surface area (Å²) < 4.78 is 1.40. The minimum Gasteiger partial charge on any atom is -0.368 e. The van der Waals surface area contributed by atoms with Crippen molar-refractivity contribution in [1.82, 2.24) is 29.7 Å². The molecule has 8 heteroatoms. The lowest BCUT2D eigenvalue weighted by Crippen LogP contribution is -2.09. The molecule has 2 aromatic heterocycles. The quantitative estimate of drug-likeness (QED) is 0.633. The van der Waals surface area contributed by atoms with E-state index in [0.29, 0.717) is 11.9 Å². The SMILES string of the molecule is CNc1nc(N)nc(-n2cncn2)n1. The number of nitrogens with zero attached hydrogens (tertiary/aromatic N) is 6. The molecule has 0 bridgehead atoms. The van der Waals surface area contributed by atoms with Crippen molar-refractivity contribution in [2.75, 3.05) is 18.1 Å². The normalized spacial score (nSPS) is 10.1. The maximum absolute atomic E-state index is 5.48. The number of aromatic nitrogens is 6. The van der Waals surface area contributed by atoms with E-state index in [0.717, 1.165) is 0 Å². The van der Waals surface area contributed by atoms with Crippen molar-refractivity contribution in [3.63, 3.8) is 0 Å². The molecule has 2 heterocycles. The fourth-order valence-corrected chi connectivity index (χ4v) is 0.906. The smallest absolute Gasteiger partial charge is 0.258 e. The maximum atomic E-state index is 5.48. The Kier molecular flexibility index (Phi) is 1.94. The van der Waals surface area contributed by atoms with Gasteiger partial charge in [0.05, 0.1) is 0 Å². The van der Waals surface area contributed by atoms with Crippen LogP contribution in [0.4, 0.5) is 11.9 Å². The Morgan fingerprint density at radius 3 is 2.86 bits per heavy atom. The van der Waals surface area contributed by atoms with Crippen LogP contribution in [0.1, 0.15) is 0 Å². The number of hydrogen-bond acceptors (Lipinski definition) is 7. The molecule has 0 atom stereocenters. The lowest BCUT2D eigenvalue weighted by Gasteiger charge is -2.02. The predicted molar refractivity (Wildman–Crippen MR) is 48.7 cm³/mol. The molecule has 72 valence electrons. The Morgan fingerprint density at radius 2 is 2.21 bits per heavy atom. The predicted octanol–water partition coefficient (Wildman–Crippen LogP) is -0.924. The minimum atomic E-state index is 0.134. The highest BCUT2D eigenvalue weighted by Crippen LogP contribution is 2.04. The third-order valence-corrected chi connectivity index (χ3v) is 1.49. The summed E-state index contributed by atoms with van der Waals surface area (Å²) in [7, 11) is 1.69. The van der Waals surface area contributed by atoms with Crippen molar-refractivity contribution < 1.29 is 0 Å². The van der Waals surface area contributed by atoms with Gasteiger partial charge in [0.25, 0.3) is 5.95 Å². The molecular weight excluding hydrogens is 184 g/mol. The van der Waals surface area contributed by atoms with Crippen LogP contribution in [0.5, 0.6) is 0 Å². The zero-order chi connectivity index (χ0) is 9.97. The average molecular weight is 192 g/mol. The van der Waals surface area contributed by atoms with Crippen LogP contribution < -0.4 is 11.1 Å². The highest BCUT2D eigenvalue weighted by molar-refractivity contribution is 5.33. The van der Waals surface area contributed by atoms with Gasteiger partial charge >= 0.3 is 0 Å². The average Bonchev–Trinajstić information content (AvgIpc) is 2.69. The Hall–Kier alpha value is -2.25. The van der Waals surface area contributed by atoms with E-state index in [1.54, 1.807) is 7.05 Å². The van der Waals surface area contributed by atoms with Crippen molar-refractivity contribution in [3.05, 3.63) is 12.7 Å². The number of nitrogen functional groups attached to an aromatic ring is 1. The van der Waals surface area contributed by atoms with Gasteiger partial charge in [-0.25, -0.2) is 4.98 Å². The monoisotopic (exact) mass is 192 g/mol. The molecule has 2 aromatic rings. The van der Waals surface area contributed by atoms with Crippen LogP contribution in [-0.4, -0.2) is 36.8 Å². The molecule has 0 unspecified atom stereocenters. The van der Waals surface area contributed by atoms with Crippen molar-refractivity contribution in [3.8, 4) is 5.95 Å². The lowest BCUT2D eigenvalue weighted by atomic mass is 10.8. The molecule has 0 saturated heterocycles. The molecule has 0 aliphatic carbocycles. The van der Waals surface area contributed by atoms with E-state index in [9.17, 15) is 0 Å². The van der Waals surface area contributed by atoms with Crippen LogP contribution in [0.3, 0.4) is 0 Å². The largest absolute Gasteiger partial charge is 0.368 e. The topological polar surface area (TPSA) is 107 Å². The van der Waals surface area contributed by atoms with E-state index >= 15 is 0 Å². The van der Waals surface area contributed by atoms with Gasteiger partial charge in [-0.2, -0.15) is 24.7 Å². The van der Waals surface area contributed by atoms with Crippen LogP contribution in [-0.2, 0) is 0 Å². The molecule has 14 heavy (non-hydrogen) atoms. The second-order valence-electron chi connectivity index (χ2n) is 2.41. The second-order valence-corrected chi connectivity index (χ2v) is 2.41. The summed E-state index contributed by atoms with van der Waals surface area (Å²) in [4.78, 5) is 15.6. The van der Waals surface area contributed by atoms with E-state index in [-0.39, 0.29) is 5.95 Å². The first kappa shape index (κ1) is 8.35. The summed E-state index contributed by atoms with van der Waals surface area (Å²) in [5.74, 6) is 0.859. The first-order valence-corrected chi connectivity index (χ1v) is 3.84. The zero-order valence-electron chi connectivity index (χ0n) is 7.42. The molecule has 2 rings (SSSR count). The zero-order valence-corrected chi connectivity index (χ0v) is 7.42. The van der Waals surface area contributed by atoms with E-state index < -0.39 is 0 Å². The van der Waals surface area contributed by atoms with Gasteiger partial charge in [-0.3, -0.25) is 0 Å². The van der Waals surface area contributed by atoms with E-state index in [2.05, 4.69) is 30.4 Å². The summed E-state index contributed by atoms with van der Waals surface area (Å²) >= 11 is 0. The van der Waals surface area contributed by atoms with Gasteiger partial charge in [0.2, 0.25) is 11.9 Å². The molecule has 0 spiro atoms. The molecule has 0 amide bonds. The first-order chi connectivity index (χ1) is 6.79. The third-order valence-electron chi connectivity index (χ3n) is 1.49. The summed E-state index contributed by atoms with van der Waals surface area (Å²) in [5.41, 5.74) is 5.48. The number of nitrogens with two attached hydrogens (primary N) is 1. The van der Waals surface area contributed by atoms with Gasteiger partial charge in [-0.05, 0) is 0 Å². The van der Waals surface area contributed by atoms with Crippen LogP contribution >= 0.6 is 0 Å². The van der Waals surface area contributed by atoms with Crippen molar-refractivity contribution in [2.45, 2.75) is 0 Å². The highest BCUT2D eigenvalue weighted by atomic mass is 15.4. The van der Waals surface area contributed by atoms with Gasteiger partial charge in [0.15, 0.2) is 0 Å². The lowest BCUT2D eigenvalue weighted by molar-refractivity contribution is 0.799. The molecule has 3 N–H and O–H groups in total. The van der Waals surface area contributed by atoms with Crippen molar-refractivity contribution in [1.29, 1.82) is 0 Å². The number of rotatable bonds is 2. The van der Waals surface area contributed by atoms with Crippen molar-refractivity contribution in [2.24, 2.45) is 0 Å². The van der Waals surface area contributed by atoms with Gasteiger partial charge < -0.3 is 11.1 Å². The Labute approximate surface area is 79.2 Å². The molecule has 0 aliphatic heterocycles. The Bertz CT molecular complexity index is 421. The highest BCUT2D eigenvalue weighted by Gasteiger charge is 2.04. The standard InChI is InChI=1S/C6H8N8/c1-8-5-11-4(7)12-6(13-5)14-3-9-2-10-14/h2-3H,1H3,(H3,7,8,11,12,13). The maximum Gasteiger partial charge on any atom is 0.258 e. The molecule has 0 aromatic carbocycles. The van der Waals surface area contributed by atoms with Crippen molar-refractivity contribution >= 4 is 11.9 Å². The Morgan fingerprint density at radius 1 is 1.36 bits per heavy atom. The summed E-state index contributed by atoms with van der Waals surface area (Å²) in [6.45, 7) is 0.